The number of benzene rings is 1. The molecule has 0 aromatic heterocycles. The van der Waals surface area contributed by atoms with E-state index >= 15 is 0 Å². The fourth-order valence-electron chi connectivity index (χ4n) is 3.03. The van der Waals surface area contributed by atoms with Crippen LogP contribution >= 0.6 is 0 Å². The first-order chi connectivity index (χ1) is 11.6. The summed E-state index contributed by atoms with van der Waals surface area (Å²) in [5, 5.41) is 11.8. The summed E-state index contributed by atoms with van der Waals surface area (Å²) in [5.74, 6) is -1.05. The first-order valence-electron chi connectivity index (χ1n) is 8.64. The molecule has 1 aromatic rings. The molecule has 1 aliphatic heterocycles. The Labute approximate surface area is 143 Å². The third-order valence-corrected chi connectivity index (χ3v) is 4.51. The van der Waals surface area contributed by atoms with E-state index in [1.165, 1.54) is 0 Å². The van der Waals surface area contributed by atoms with Crippen LogP contribution in [-0.2, 0) is 22.4 Å². The second-order valence-electron chi connectivity index (χ2n) is 5.97. The quantitative estimate of drug-likeness (QED) is 0.785. The van der Waals surface area contributed by atoms with Crippen molar-refractivity contribution in [2.24, 2.45) is 0 Å². The summed E-state index contributed by atoms with van der Waals surface area (Å²) in [5.41, 5.74) is 2.87. The number of hydrogen-bond donors (Lipinski definition) is 2. The van der Waals surface area contributed by atoms with E-state index in [0.29, 0.717) is 32.7 Å². The highest BCUT2D eigenvalue weighted by atomic mass is 16.3. The lowest BCUT2D eigenvalue weighted by Crippen LogP contribution is -2.52. The van der Waals surface area contributed by atoms with Gasteiger partial charge < -0.3 is 15.3 Å². The Bertz CT molecular complexity index is 559. The molecule has 0 bridgehead atoms. The van der Waals surface area contributed by atoms with E-state index in [2.05, 4.69) is 10.2 Å². The number of rotatable bonds is 5. The lowest BCUT2D eigenvalue weighted by atomic mass is 10.0. The summed E-state index contributed by atoms with van der Waals surface area (Å²) in [6.07, 6.45) is 1.61. The second-order valence-corrected chi connectivity index (χ2v) is 5.97. The van der Waals surface area contributed by atoms with E-state index in [9.17, 15) is 9.59 Å². The molecule has 24 heavy (non-hydrogen) atoms. The zero-order chi connectivity index (χ0) is 17.5. The number of β-amino-alcohol motifs (C(OH)–C–C–N with tert-alkyl or cyclic N) is 1. The Balaban J connectivity index is 2.01. The molecule has 132 valence electrons. The van der Waals surface area contributed by atoms with Gasteiger partial charge >= 0.3 is 11.8 Å². The second kappa shape index (κ2) is 8.80. The normalized spacial score (nSPS) is 15.4. The van der Waals surface area contributed by atoms with Crippen LogP contribution in [-0.4, -0.2) is 66.1 Å². The van der Waals surface area contributed by atoms with E-state index in [4.69, 9.17) is 5.11 Å². The SMILES string of the molecule is CCc1cccc(CC)c1NC(=O)C(=O)N1CCN(CCO)CC1. The van der Waals surface area contributed by atoms with Crippen molar-refractivity contribution in [3.63, 3.8) is 0 Å². The van der Waals surface area contributed by atoms with Gasteiger partial charge in [-0.05, 0) is 24.0 Å². The lowest BCUT2D eigenvalue weighted by molar-refractivity contribution is -0.144. The first-order valence-corrected chi connectivity index (χ1v) is 8.64. The topological polar surface area (TPSA) is 72.9 Å². The van der Waals surface area contributed by atoms with Gasteiger partial charge in [0.05, 0.1) is 6.61 Å². The molecule has 1 saturated heterocycles. The molecule has 0 spiro atoms. The molecule has 1 heterocycles. The highest BCUT2D eigenvalue weighted by Crippen LogP contribution is 2.22. The maximum Gasteiger partial charge on any atom is 0.313 e. The van der Waals surface area contributed by atoms with Crippen molar-refractivity contribution in [1.29, 1.82) is 0 Å². The van der Waals surface area contributed by atoms with Gasteiger partial charge in [0.25, 0.3) is 0 Å². The molecule has 0 radical (unpaired) electrons. The number of aliphatic hydroxyl groups is 1. The summed E-state index contributed by atoms with van der Waals surface area (Å²) in [7, 11) is 0. The average molecular weight is 333 g/mol. The molecule has 2 rings (SSSR count). The van der Waals surface area contributed by atoms with Gasteiger partial charge in [0.15, 0.2) is 0 Å². The molecular weight excluding hydrogens is 306 g/mol. The highest BCUT2D eigenvalue weighted by Gasteiger charge is 2.26. The van der Waals surface area contributed by atoms with E-state index < -0.39 is 11.8 Å². The van der Waals surface area contributed by atoms with E-state index in [1.807, 2.05) is 32.0 Å². The minimum absolute atomic E-state index is 0.113. The van der Waals surface area contributed by atoms with Crippen molar-refractivity contribution in [3.05, 3.63) is 29.3 Å². The largest absolute Gasteiger partial charge is 0.395 e. The smallest absolute Gasteiger partial charge is 0.313 e. The Morgan fingerprint density at radius 1 is 1.08 bits per heavy atom. The lowest BCUT2D eigenvalue weighted by Gasteiger charge is -2.33. The van der Waals surface area contributed by atoms with Gasteiger partial charge in [-0.3, -0.25) is 14.5 Å². The van der Waals surface area contributed by atoms with Crippen LogP contribution in [0.3, 0.4) is 0 Å². The van der Waals surface area contributed by atoms with Gasteiger partial charge in [0.2, 0.25) is 0 Å². The highest BCUT2D eigenvalue weighted by molar-refractivity contribution is 6.39. The molecule has 0 aliphatic carbocycles. The first kappa shape index (κ1) is 18.4. The number of para-hydroxylation sites is 1. The van der Waals surface area contributed by atoms with Crippen molar-refractivity contribution in [2.45, 2.75) is 26.7 Å². The zero-order valence-electron chi connectivity index (χ0n) is 14.5. The van der Waals surface area contributed by atoms with Gasteiger partial charge in [-0.1, -0.05) is 32.0 Å². The van der Waals surface area contributed by atoms with Crippen LogP contribution in [0.15, 0.2) is 18.2 Å². The standard InChI is InChI=1S/C18H27N3O3/c1-3-14-6-5-7-15(4-2)16(14)19-17(23)18(24)21-10-8-20(9-11-21)12-13-22/h5-7,22H,3-4,8-13H2,1-2H3,(H,19,23). The molecule has 1 aromatic carbocycles. The van der Waals surface area contributed by atoms with Gasteiger partial charge in [-0.15, -0.1) is 0 Å². The molecule has 0 atom stereocenters. The number of carbonyl (C=O) groups excluding carboxylic acids is 2. The van der Waals surface area contributed by atoms with Crippen LogP contribution in [0.25, 0.3) is 0 Å². The monoisotopic (exact) mass is 333 g/mol. The summed E-state index contributed by atoms with van der Waals surface area (Å²) < 4.78 is 0. The molecule has 2 N–H and O–H groups in total. The van der Waals surface area contributed by atoms with Crippen molar-refractivity contribution in [1.82, 2.24) is 9.80 Å². The zero-order valence-corrected chi connectivity index (χ0v) is 14.5. The third kappa shape index (κ3) is 4.33. The molecule has 0 unspecified atom stereocenters. The summed E-state index contributed by atoms with van der Waals surface area (Å²) in [4.78, 5) is 28.5. The number of aliphatic hydroxyl groups excluding tert-OH is 1. The number of carbonyl (C=O) groups is 2. The molecule has 1 aliphatic rings. The number of anilines is 1. The molecule has 1 fully saturated rings. The predicted octanol–water partition coefficient (Wildman–Crippen LogP) is 0.886. The molecule has 0 saturated carbocycles. The number of amides is 2. The minimum Gasteiger partial charge on any atom is -0.395 e. The number of hydrogen-bond acceptors (Lipinski definition) is 4. The number of nitrogens with one attached hydrogen (secondary N) is 1. The van der Waals surface area contributed by atoms with Crippen LogP contribution in [0.5, 0.6) is 0 Å². The summed E-state index contributed by atoms with van der Waals surface area (Å²) in [6.45, 7) is 7.19. The van der Waals surface area contributed by atoms with E-state index in [1.54, 1.807) is 4.90 Å². The third-order valence-electron chi connectivity index (χ3n) is 4.51. The maximum atomic E-state index is 12.4. The Morgan fingerprint density at radius 2 is 1.67 bits per heavy atom. The van der Waals surface area contributed by atoms with Crippen LogP contribution < -0.4 is 5.32 Å². The maximum absolute atomic E-state index is 12.4. The van der Waals surface area contributed by atoms with Crippen molar-refractivity contribution in [3.8, 4) is 0 Å². The summed E-state index contributed by atoms with van der Waals surface area (Å²) in [6, 6.07) is 5.94. The number of aryl methyl sites for hydroxylation is 2. The molecule has 6 nitrogen and oxygen atoms in total. The fourth-order valence-corrected chi connectivity index (χ4v) is 3.03. The summed E-state index contributed by atoms with van der Waals surface area (Å²) >= 11 is 0. The average Bonchev–Trinajstić information content (AvgIpc) is 2.62. The van der Waals surface area contributed by atoms with Gasteiger partial charge in [-0.25, -0.2) is 0 Å². The molecule has 2 amide bonds. The Morgan fingerprint density at radius 3 is 2.17 bits per heavy atom. The fraction of sp³-hybridized carbons (Fsp3) is 0.556. The van der Waals surface area contributed by atoms with Crippen LogP contribution in [0.2, 0.25) is 0 Å². The Kier molecular flexibility index (Phi) is 6.75. The van der Waals surface area contributed by atoms with E-state index in [-0.39, 0.29) is 6.61 Å². The van der Waals surface area contributed by atoms with Crippen LogP contribution in [0.4, 0.5) is 5.69 Å². The van der Waals surface area contributed by atoms with Crippen molar-refractivity contribution >= 4 is 17.5 Å². The Hall–Kier alpha value is -1.92. The van der Waals surface area contributed by atoms with Gasteiger partial charge in [-0.2, -0.15) is 0 Å². The molecular formula is C18H27N3O3. The number of piperazine rings is 1. The molecule has 6 heteroatoms. The van der Waals surface area contributed by atoms with Gasteiger partial charge in [0.1, 0.15) is 0 Å². The predicted molar refractivity (Wildman–Crippen MR) is 93.9 cm³/mol. The van der Waals surface area contributed by atoms with Crippen LogP contribution in [0.1, 0.15) is 25.0 Å². The minimum atomic E-state index is -0.568. The van der Waals surface area contributed by atoms with Crippen LogP contribution in [0, 0.1) is 0 Å². The van der Waals surface area contributed by atoms with Crippen molar-refractivity contribution in [2.75, 3.05) is 44.6 Å². The van der Waals surface area contributed by atoms with Crippen molar-refractivity contribution < 1.29 is 14.7 Å². The van der Waals surface area contributed by atoms with E-state index in [0.717, 1.165) is 29.7 Å². The van der Waals surface area contributed by atoms with Gasteiger partial charge in [0, 0.05) is 38.4 Å². The number of nitrogens with zero attached hydrogens (tertiary/aromatic N) is 2.